The van der Waals surface area contributed by atoms with Crippen LogP contribution in [0.1, 0.15) is 48.9 Å². The van der Waals surface area contributed by atoms with Crippen LogP contribution >= 0.6 is 0 Å². The summed E-state index contributed by atoms with van der Waals surface area (Å²) in [5, 5.41) is 7.06. The second-order valence-electron chi connectivity index (χ2n) is 12.0. The molecule has 2 aliphatic rings. The van der Waals surface area contributed by atoms with E-state index in [2.05, 4.69) is 86.8 Å². The number of piperidine rings is 1. The van der Waals surface area contributed by atoms with E-state index in [1.165, 1.54) is 55.8 Å². The van der Waals surface area contributed by atoms with Gasteiger partial charge in [0.05, 0.1) is 11.0 Å². The zero-order chi connectivity index (χ0) is 30.6. The zero-order valence-electron chi connectivity index (χ0n) is 26.6. The number of nitrogens with zero attached hydrogens (tertiary/aromatic N) is 7. The number of benzene rings is 2. The molecule has 0 unspecified atom stereocenters. The second kappa shape index (κ2) is 13.3. The topological polar surface area (TPSA) is 85.3 Å². The maximum Gasteiger partial charge on any atom is 0.229 e. The lowest BCUT2D eigenvalue weighted by Gasteiger charge is -2.43. The molecular weight excluding hydrogens is 546 g/mol. The molecule has 4 heterocycles. The van der Waals surface area contributed by atoms with Gasteiger partial charge in [0.15, 0.2) is 0 Å². The van der Waals surface area contributed by atoms with E-state index in [0.717, 1.165) is 59.5 Å². The third-order valence-electron chi connectivity index (χ3n) is 9.30. The molecule has 9 heteroatoms. The molecule has 0 saturated carbocycles. The third-order valence-corrected chi connectivity index (χ3v) is 9.30. The Morgan fingerprint density at radius 1 is 0.909 bits per heavy atom. The second-order valence-corrected chi connectivity index (χ2v) is 12.0. The van der Waals surface area contributed by atoms with Crippen molar-refractivity contribution in [2.45, 2.75) is 52.5 Å². The maximum absolute atomic E-state index is 4.90. The molecule has 4 aromatic rings. The first-order valence-electron chi connectivity index (χ1n) is 16.0. The van der Waals surface area contributed by atoms with Gasteiger partial charge in [-0.15, -0.1) is 0 Å². The number of fused-ring (bicyclic) bond motifs is 1. The molecule has 0 atom stereocenters. The lowest BCUT2D eigenvalue weighted by Crippen LogP contribution is -2.52. The predicted molar refractivity (Wildman–Crippen MR) is 182 cm³/mol. The van der Waals surface area contributed by atoms with Crippen LogP contribution in [0.15, 0.2) is 49.4 Å². The van der Waals surface area contributed by atoms with Gasteiger partial charge in [-0.25, -0.2) is 4.98 Å². The van der Waals surface area contributed by atoms with E-state index >= 15 is 0 Å². The fraction of sp³-hybridized carbons (Fsp3) is 0.429. The number of aromatic nitrogens is 4. The molecule has 0 aliphatic carbocycles. The number of piperazine rings is 1. The van der Waals surface area contributed by atoms with Gasteiger partial charge in [0.1, 0.15) is 5.82 Å². The molecule has 9 nitrogen and oxygen atoms in total. The number of hydrogen-bond donors (Lipinski definition) is 2. The smallest absolute Gasteiger partial charge is 0.229 e. The summed E-state index contributed by atoms with van der Waals surface area (Å²) in [5.41, 5.74) is 9.61. The summed E-state index contributed by atoms with van der Waals surface area (Å²) in [6.45, 7) is 17.5. The highest BCUT2D eigenvalue weighted by molar-refractivity contribution is 5.85. The van der Waals surface area contributed by atoms with E-state index in [-0.39, 0.29) is 0 Å². The summed E-state index contributed by atoms with van der Waals surface area (Å²) in [5.74, 6) is 1.24. The fourth-order valence-electron chi connectivity index (χ4n) is 6.63. The Morgan fingerprint density at radius 3 is 2.41 bits per heavy atom. The van der Waals surface area contributed by atoms with Crippen LogP contribution in [0.2, 0.25) is 0 Å². The van der Waals surface area contributed by atoms with Gasteiger partial charge >= 0.3 is 0 Å². The van der Waals surface area contributed by atoms with E-state index in [4.69, 9.17) is 4.98 Å². The van der Waals surface area contributed by atoms with E-state index in [0.29, 0.717) is 17.8 Å². The lowest BCUT2D eigenvalue weighted by atomic mass is 9.98. The molecule has 44 heavy (non-hydrogen) atoms. The quantitative estimate of drug-likeness (QED) is 0.236. The number of rotatable bonds is 9. The van der Waals surface area contributed by atoms with Crippen LogP contribution in [-0.2, 0) is 12.8 Å². The summed E-state index contributed by atoms with van der Waals surface area (Å²) in [6, 6.07) is 9.37. The van der Waals surface area contributed by atoms with Crippen molar-refractivity contribution in [2.75, 3.05) is 61.8 Å². The maximum atomic E-state index is 4.90. The number of likely N-dealkylation sites (N-methyl/N-ethyl adjacent to an activating group) is 1. The molecule has 2 aromatic heterocycles. The number of aryl methyl sites for hydroxylation is 3. The minimum Gasteiger partial charge on any atom is -0.371 e. The average Bonchev–Trinajstić information content (AvgIpc) is 3.06. The van der Waals surface area contributed by atoms with Crippen LogP contribution in [0.5, 0.6) is 0 Å². The standard InChI is InChI=1S/C35H45N9/c1-6-25-22-31(24(4)21-32(25)44-15-11-27(12-16-44)43-19-17-42(5)18-20-43)40-35-38-23-26(7-2)34(41-35)39-29-9-10-30-33(28(29)8-3)37-14-13-36-30/h7,9-10,13-14,21-23,27H,2,6,8,11-12,15-20H2,1,3-5H3,(H2,38,39,40,41). The minimum atomic E-state index is 0.544. The Hall–Kier alpha value is -4.08. The van der Waals surface area contributed by atoms with Crippen molar-refractivity contribution in [2.24, 2.45) is 0 Å². The predicted octanol–water partition coefficient (Wildman–Crippen LogP) is 6.20. The highest BCUT2D eigenvalue weighted by Crippen LogP contribution is 2.33. The lowest BCUT2D eigenvalue weighted by molar-refractivity contribution is 0.0982. The summed E-state index contributed by atoms with van der Waals surface area (Å²) >= 11 is 0. The van der Waals surface area contributed by atoms with Gasteiger partial charge in [-0.05, 0) is 75.0 Å². The molecule has 2 aromatic carbocycles. The van der Waals surface area contributed by atoms with Crippen molar-refractivity contribution in [3.8, 4) is 0 Å². The fourth-order valence-corrected chi connectivity index (χ4v) is 6.63. The van der Waals surface area contributed by atoms with Crippen molar-refractivity contribution in [1.82, 2.24) is 29.7 Å². The number of anilines is 5. The summed E-state index contributed by atoms with van der Waals surface area (Å²) in [6.07, 6.45) is 11.3. The summed E-state index contributed by atoms with van der Waals surface area (Å²) in [7, 11) is 2.23. The highest BCUT2D eigenvalue weighted by Gasteiger charge is 2.27. The van der Waals surface area contributed by atoms with Gasteiger partial charge in [-0.1, -0.05) is 26.5 Å². The molecule has 2 fully saturated rings. The van der Waals surface area contributed by atoms with Crippen LogP contribution < -0.4 is 15.5 Å². The third kappa shape index (κ3) is 6.25. The Kier molecular flexibility index (Phi) is 9.04. The molecule has 0 radical (unpaired) electrons. The largest absolute Gasteiger partial charge is 0.371 e. The van der Waals surface area contributed by atoms with Crippen molar-refractivity contribution in [3.05, 3.63) is 71.7 Å². The summed E-state index contributed by atoms with van der Waals surface area (Å²) in [4.78, 5) is 26.3. The van der Waals surface area contributed by atoms with Gasteiger partial charge in [-0.3, -0.25) is 14.9 Å². The van der Waals surface area contributed by atoms with Crippen molar-refractivity contribution >= 4 is 45.9 Å². The molecular formula is C35H45N9. The molecule has 230 valence electrons. The van der Waals surface area contributed by atoms with Gasteiger partial charge < -0.3 is 20.4 Å². The van der Waals surface area contributed by atoms with E-state index in [1.807, 2.05) is 18.3 Å². The zero-order valence-corrected chi connectivity index (χ0v) is 26.6. The normalized spacial score (nSPS) is 16.8. The molecule has 2 N–H and O–H groups in total. The first-order valence-corrected chi connectivity index (χ1v) is 16.0. The minimum absolute atomic E-state index is 0.544. The molecule has 2 saturated heterocycles. The average molecular weight is 592 g/mol. The molecule has 6 rings (SSSR count). The monoisotopic (exact) mass is 591 g/mol. The molecule has 0 bridgehead atoms. The first kappa shape index (κ1) is 30.0. The van der Waals surface area contributed by atoms with Crippen LogP contribution in [0.4, 0.5) is 28.8 Å². The molecule has 2 aliphatic heterocycles. The van der Waals surface area contributed by atoms with Gasteiger partial charge in [0.2, 0.25) is 5.95 Å². The first-order chi connectivity index (χ1) is 21.5. The van der Waals surface area contributed by atoms with Gasteiger partial charge in [0, 0.05) is 92.1 Å². The molecule has 0 spiro atoms. The summed E-state index contributed by atoms with van der Waals surface area (Å²) < 4.78 is 0. The van der Waals surface area contributed by atoms with E-state index < -0.39 is 0 Å². The van der Waals surface area contributed by atoms with Gasteiger partial charge in [-0.2, -0.15) is 4.98 Å². The van der Waals surface area contributed by atoms with Crippen LogP contribution in [0.25, 0.3) is 17.1 Å². The Labute approximate surface area is 261 Å². The SMILES string of the molecule is C=Cc1cnc(Nc2cc(CC)c(N3CCC(N4CCN(C)CC4)CC3)cc2C)nc1Nc1ccc2nccnc2c1CC. The van der Waals surface area contributed by atoms with Crippen LogP contribution in [-0.4, -0.2) is 82.1 Å². The Bertz CT molecular complexity index is 1620. The van der Waals surface area contributed by atoms with Crippen molar-refractivity contribution < 1.29 is 0 Å². The van der Waals surface area contributed by atoms with Crippen LogP contribution in [0, 0.1) is 6.92 Å². The Balaban J connectivity index is 1.20. The van der Waals surface area contributed by atoms with Crippen molar-refractivity contribution in [3.63, 3.8) is 0 Å². The van der Waals surface area contributed by atoms with E-state index in [9.17, 15) is 0 Å². The van der Waals surface area contributed by atoms with Crippen molar-refractivity contribution in [1.29, 1.82) is 0 Å². The van der Waals surface area contributed by atoms with Crippen LogP contribution in [0.3, 0.4) is 0 Å². The van der Waals surface area contributed by atoms with E-state index in [1.54, 1.807) is 18.5 Å². The van der Waals surface area contributed by atoms with Gasteiger partial charge in [0.25, 0.3) is 0 Å². The number of hydrogen-bond acceptors (Lipinski definition) is 9. The highest BCUT2D eigenvalue weighted by atomic mass is 15.3. The Morgan fingerprint density at radius 2 is 1.68 bits per heavy atom. The molecule has 0 amide bonds. The number of nitrogens with one attached hydrogen (secondary N) is 2.